The third-order valence-electron chi connectivity index (χ3n) is 2.95. The maximum atomic E-state index is 12.3. The number of para-hydroxylation sites is 1. The minimum absolute atomic E-state index is 0.236. The number of carbonyl (C=O) groups excluding carboxylic acids is 1. The predicted octanol–water partition coefficient (Wildman–Crippen LogP) is 3.40. The topological polar surface area (TPSA) is 67.0 Å². The molecular weight excluding hydrogens is 286 g/mol. The van der Waals surface area contributed by atoms with Crippen LogP contribution in [0.2, 0.25) is 0 Å². The van der Waals surface area contributed by atoms with Crippen LogP contribution in [-0.4, -0.2) is 23.0 Å². The molecule has 0 radical (unpaired) electrons. The molecule has 0 spiro atoms. The van der Waals surface area contributed by atoms with E-state index in [-0.39, 0.29) is 5.91 Å². The van der Waals surface area contributed by atoms with Gasteiger partial charge >= 0.3 is 0 Å². The highest BCUT2D eigenvalue weighted by Crippen LogP contribution is 2.25. The molecule has 6 heteroatoms. The lowest BCUT2D eigenvalue weighted by Gasteiger charge is -2.06. The largest absolute Gasteiger partial charge is 0.496 e. The highest BCUT2D eigenvalue weighted by atomic mass is 32.1. The first-order valence-electron chi connectivity index (χ1n) is 6.31. The van der Waals surface area contributed by atoms with Crippen molar-refractivity contribution in [3.8, 4) is 17.1 Å². The summed E-state index contributed by atoms with van der Waals surface area (Å²) in [6.07, 6.45) is 1.84. The van der Waals surface area contributed by atoms with Gasteiger partial charge < -0.3 is 9.72 Å². The molecule has 0 fully saturated rings. The number of nitrogens with zero attached hydrogens (tertiary/aromatic N) is 1. The number of hydrogen-bond donors (Lipinski definition) is 2. The van der Waals surface area contributed by atoms with Crippen LogP contribution in [0, 0.1) is 0 Å². The Bertz CT molecular complexity index is 750. The van der Waals surface area contributed by atoms with Crippen molar-refractivity contribution in [3.05, 3.63) is 53.5 Å². The highest BCUT2D eigenvalue weighted by molar-refractivity contribution is 7.14. The summed E-state index contributed by atoms with van der Waals surface area (Å²) in [7, 11) is 1.54. The first-order chi connectivity index (χ1) is 10.3. The van der Waals surface area contributed by atoms with Crippen molar-refractivity contribution < 1.29 is 9.53 Å². The lowest BCUT2D eigenvalue weighted by Crippen LogP contribution is -2.12. The first-order valence-corrected chi connectivity index (χ1v) is 7.19. The quantitative estimate of drug-likeness (QED) is 0.776. The van der Waals surface area contributed by atoms with Crippen LogP contribution in [0.5, 0.6) is 5.75 Å². The molecule has 0 bridgehead atoms. The van der Waals surface area contributed by atoms with Crippen molar-refractivity contribution >= 4 is 22.4 Å². The van der Waals surface area contributed by atoms with Crippen LogP contribution in [0.3, 0.4) is 0 Å². The lowest BCUT2D eigenvalue weighted by atomic mass is 10.2. The zero-order chi connectivity index (χ0) is 14.7. The number of amides is 1. The number of benzene rings is 1. The second kappa shape index (κ2) is 5.80. The molecule has 106 valence electrons. The van der Waals surface area contributed by atoms with Crippen molar-refractivity contribution in [2.75, 3.05) is 12.4 Å². The molecule has 5 nitrogen and oxygen atoms in total. The van der Waals surface area contributed by atoms with Crippen molar-refractivity contribution in [2.24, 2.45) is 0 Å². The molecule has 1 amide bonds. The lowest BCUT2D eigenvalue weighted by molar-refractivity contribution is 0.102. The number of nitrogens with one attached hydrogen (secondary N) is 2. The highest BCUT2D eigenvalue weighted by Gasteiger charge is 2.13. The average Bonchev–Trinajstić information content (AvgIpc) is 3.17. The van der Waals surface area contributed by atoms with Crippen molar-refractivity contribution in [1.29, 1.82) is 0 Å². The molecule has 2 heterocycles. The van der Waals surface area contributed by atoms with E-state index in [4.69, 9.17) is 4.74 Å². The van der Waals surface area contributed by atoms with Gasteiger partial charge in [0.25, 0.3) is 5.91 Å². The maximum absolute atomic E-state index is 12.3. The molecule has 3 rings (SSSR count). The van der Waals surface area contributed by atoms with E-state index in [2.05, 4.69) is 15.3 Å². The fraction of sp³-hybridized carbons (Fsp3) is 0.0667. The van der Waals surface area contributed by atoms with E-state index in [1.54, 1.807) is 25.3 Å². The minimum atomic E-state index is -0.236. The Balaban J connectivity index is 1.79. The summed E-state index contributed by atoms with van der Waals surface area (Å²) in [5.41, 5.74) is 2.21. The Kier molecular flexibility index (Phi) is 3.70. The summed E-state index contributed by atoms with van der Waals surface area (Å²) in [6, 6.07) is 10.9. The van der Waals surface area contributed by atoms with Gasteiger partial charge in [0.1, 0.15) is 5.75 Å². The fourth-order valence-corrected chi connectivity index (χ4v) is 2.65. The summed E-state index contributed by atoms with van der Waals surface area (Å²) >= 11 is 1.38. The van der Waals surface area contributed by atoms with Crippen LogP contribution >= 0.6 is 11.3 Å². The predicted molar refractivity (Wildman–Crippen MR) is 82.8 cm³/mol. The Hall–Kier alpha value is -2.60. The summed E-state index contributed by atoms with van der Waals surface area (Å²) in [5, 5.41) is 5.23. The summed E-state index contributed by atoms with van der Waals surface area (Å²) in [4.78, 5) is 19.7. The molecule has 0 aliphatic heterocycles. The standard InChI is InChI=1S/C15H13N3O2S/c1-20-13-7-3-2-5-10(13)14(19)18-15-17-12(9-21-15)11-6-4-8-16-11/h2-9,16H,1H3,(H,17,18,19). The smallest absolute Gasteiger partial charge is 0.261 e. The van der Waals surface area contributed by atoms with E-state index < -0.39 is 0 Å². The van der Waals surface area contributed by atoms with Crippen LogP contribution < -0.4 is 10.1 Å². The number of ether oxygens (including phenoxy) is 1. The van der Waals surface area contributed by atoms with Gasteiger partial charge in [0.05, 0.1) is 24.1 Å². The molecule has 0 aliphatic rings. The number of H-pyrrole nitrogens is 1. The third kappa shape index (κ3) is 2.80. The molecule has 0 saturated heterocycles. The number of hydrogen-bond acceptors (Lipinski definition) is 4. The first kappa shape index (κ1) is 13.4. The van der Waals surface area contributed by atoms with Crippen LogP contribution in [0.1, 0.15) is 10.4 Å². The summed E-state index contributed by atoms with van der Waals surface area (Å²) in [6.45, 7) is 0. The molecule has 2 N–H and O–H groups in total. The minimum Gasteiger partial charge on any atom is -0.496 e. The molecule has 21 heavy (non-hydrogen) atoms. The van der Waals surface area contributed by atoms with Gasteiger partial charge in [-0.15, -0.1) is 11.3 Å². The van der Waals surface area contributed by atoms with E-state index in [1.165, 1.54) is 11.3 Å². The second-order valence-corrected chi connectivity index (χ2v) is 5.13. The van der Waals surface area contributed by atoms with Gasteiger partial charge in [-0.05, 0) is 24.3 Å². The zero-order valence-electron chi connectivity index (χ0n) is 11.3. The third-order valence-corrected chi connectivity index (χ3v) is 3.71. The van der Waals surface area contributed by atoms with Crippen molar-refractivity contribution in [1.82, 2.24) is 9.97 Å². The van der Waals surface area contributed by atoms with Gasteiger partial charge in [-0.25, -0.2) is 4.98 Å². The van der Waals surface area contributed by atoms with Crippen molar-refractivity contribution in [2.45, 2.75) is 0 Å². The molecular formula is C15H13N3O2S. The molecule has 2 aromatic heterocycles. The van der Waals surface area contributed by atoms with Gasteiger partial charge in [-0.1, -0.05) is 12.1 Å². The molecule has 0 aliphatic carbocycles. The van der Waals surface area contributed by atoms with Crippen LogP contribution in [0.15, 0.2) is 48.0 Å². The SMILES string of the molecule is COc1ccccc1C(=O)Nc1nc(-c2ccc[nH]2)cs1. The van der Waals surface area contributed by atoms with E-state index in [9.17, 15) is 4.79 Å². The number of carbonyl (C=O) groups is 1. The number of thiazole rings is 1. The second-order valence-electron chi connectivity index (χ2n) is 4.28. The fourth-order valence-electron chi connectivity index (χ4n) is 1.94. The average molecular weight is 299 g/mol. The van der Waals surface area contributed by atoms with Gasteiger partial charge in [0.15, 0.2) is 5.13 Å². The number of aromatic amines is 1. The number of methoxy groups -OCH3 is 1. The van der Waals surface area contributed by atoms with Crippen LogP contribution in [0.4, 0.5) is 5.13 Å². The van der Waals surface area contributed by atoms with Crippen LogP contribution in [0.25, 0.3) is 11.4 Å². The Labute approximate surface area is 125 Å². The van der Waals surface area contributed by atoms with E-state index >= 15 is 0 Å². The van der Waals surface area contributed by atoms with Gasteiger partial charge in [-0.2, -0.15) is 0 Å². The van der Waals surface area contributed by atoms with Gasteiger partial charge in [0, 0.05) is 11.6 Å². The monoisotopic (exact) mass is 299 g/mol. The van der Waals surface area contributed by atoms with Crippen LogP contribution in [-0.2, 0) is 0 Å². The van der Waals surface area contributed by atoms with E-state index in [1.807, 2.05) is 29.8 Å². The molecule has 1 aromatic carbocycles. The van der Waals surface area contributed by atoms with E-state index in [0.717, 1.165) is 11.4 Å². The molecule has 3 aromatic rings. The summed E-state index contributed by atoms with van der Waals surface area (Å²) in [5.74, 6) is 0.302. The normalized spacial score (nSPS) is 10.3. The van der Waals surface area contributed by atoms with Gasteiger partial charge in [0.2, 0.25) is 0 Å². The number of aromatic nitrogens is 2. The molecule has 0 atom stereocenters. The number of anilines is 1. The Morgan fingerprint density at radius 3 is 2.90 bits per heavy atom. The maximum Gasteiger partial charge on any atom is 0.261 e. The van der Waals surface area contributed by atoms with Gasteiger partial charge in [-0.3, -0.25) is 10.1 Å². The summed E-state index contributed by atoms with van der Waals surface area (Å²) < 4.78 is 5.19. The van der Waals surface area contributed by atoms with Crippen molar-refractivity contribution in [3.63, 3.8) is 0 Å². The van der Waals surface area contributed by atoms with E-state index in [0.29, 0.717) is 16.4 Å². The molecule has 0 saturated carbocycles. The number of rotatable bonds is 4. The Morgan fingerprint density at radius 2 is 2.14 bits per heavy atom. The molecule has 0 unspecified atom stereocenters. The Morgan fingerprint density at radius 1 is 1.29 bits per heavy atom. The zero-order valence-corrected chi connectivity index (χ0v) is 12.1.